The standard InChI is InChI=1S/C23H25N5O3/c1-4-17-16(12-21(29)30)19(5-2)28(27-17)13-14-6-8-15(9-7-14)22-24-18-10-11-20(31-3)25-23(18)26-22/h6-11H,4-5,12-13H2,1-3H3,(H,29,30)(H,24,25,26). The number of methoxy groups -OCH3 is 1. The molecule has 0 fully saturated rings. The largest absolute Gasteiger partial charge is 0.481 e. The molecule has 0 unspecified atom stereocenters. The average molecular weight is 419 g/mol. The Labute approximate surface area is 179 Å². The van der Waals surface area contributed by atoms with E-state index >= 15 is 0 Å². The summed E-state index contributed by atoms with van der Waals surface area (Å²) in [5.74, 6) is 0.444. The van der Waals surface area contributed by atoms with Crippen molar-refractivity contribution in [3.05, 3.63) is 58.9 Å². The first kappa shape index (κ1) is 20.6. The number of aryl methyl sites for hydroxylation is 1. The Balaban J connectivity index is 1.59. The molecule has 0 saturated carbocycles. The van der Waals surface area contributed by atoms with Crippen molar-refractivity contribution in [3.8, 4) is 17.3 Å². The highest BCUT2D eigenvalue weighted by Gasteiger charge is 2.18. The molecule has 8 heteroatoms. The molecule has 0 bridgehead atoms. The Hall–Kier alpha value is -3.68. The number of carbonyl (C=O) groups is 1. The van der Waals surface area contributed by atoms with Gasteiger partial charge in [0.2, 0.25) is 5.88 Å². The van der Waals surface area contributed by atoms with Crippen LogP contribution in [0, 0.1) is 0 Å². The fourth-order valence-corrected chi connectivity index (χ4v) is 3.82. The van der Waals surface area contributed by atoms with E-state index in [1.807, 2.05) is 48.9 Å². The predicted molar refractivity (Wildman–Crippen MR) is 117 cm³/mol. The number of hydrogen-bond donors (Lipinski definition) is 2. The zero-order valence-electron chi connectivity index (χ0n) is 17.8. The Morgan fingerprint density at radius 2 is 1.87 bits per heavy atom. The van der Waals surface area contributed by atoms with Crippen molar-refractivity contribution >= 4 is 17.1 Å². The molecule has 0 aliphatic rings. The number of benzene rings is 1. The number of carboxylic acids is 1. The predicted octanol–water partition coefficient (Wildman–Crippen LogP) is 3.63. The lowest BCUT2D eigenvalue weighted by Gasteiger charge is -2.08. The fraction of sp³-hybridized carbons (Fsp3) is 0.304. The fourth-order valence-electron chi connectivity index (χ4n) is 3.82. The highest BCUT2D eigenvalue weighted by molar-refractivity contribution is 5.76. The number of hydrogen-bond acceptors (Lipinski definition) is 5. The molecule has 160 valence electrons. The summed E-state index contributed by atoms with van der Waals surface area (Å²) in [5.41, 5.74) is 6.20. The molecule has 8 nitrogen and oxygen atoms in total. The van der Waals surface area contributed by atoms with Gasteiger partial charge in [0, 0.05) is 22.9 Å². The van der Waals surface area contributed by atoms with Crippen LogP contribution in [0.15, 0.2) is 36.4 Å². The molecule has 0 amide bonds. The van der Waals surface area contributed by atoms with Gasteiger partial charge < -0.3 is 14.8 Å². The quantitative estimate of drug-likeness (QED) is 0.452. The van der Waals surface area contributed by atoms with Gasteiger partial charge in [-0.25, -0.2) is 4.98 Å². The Kier molecular flexibility index (Phi) is 5.70. The highest BCUT2D eigenvalue weighted by atomic mass is 16.5. The summed E-state index contributed by atoms with van der Waals surface area (Å²) in [5, 5.41) is 14.0. The first-order chi connectivity index (χ1) is 15.0. The van der Waals surface area contributed by atoms with Crippen LogP contribution < -0.4 is 4.74 Å². The number of fused-ring (bicyclic) bond motifs is 1. The number of imidazole rings is 1. The summed E-state index contributed by atoms with van der Waals surface area (Å²) in [6.07, 6.45) is 1.46. The minimum Gasteiger partial charge on any atom is -0.481 e. The molecule has 4 aromatic rings. The molecule has 0 aliphatic heterocycles. The summed E-state index contributed by atoms with van der Waals surface area (Å²) < 4.78 is 7.10. The Bertz CT molecular complexity index is 1220. The van der Waals surface area contributed by atoms with E-state index in [2.05, 4.69) is 20.1 Å². The van der Waals surface area contributed by atoms with Crippen molar-refractivity contribution in [2.45, 2.75) is 39.7 Å². The number of aromatic amines is 1. The number of aromatic nitrogens is 5. The smallest absolute Gasteiger partial charge is 0.307 e. The third kappa shape index (κ3) is 4.14. The number of ether oxygens (including phenoxy) is 1. The zero-order chi connectivity index (χ0) is 22.0. The minimum absolute atomic E-state index is 0.0101. The molecule has 1 aromatic carbocycles. The lowest BCUT2D eigenvalue weighted by Crippen LogP contribution is -2.08. The van der Waals surface area contributed by atoms with Crippen molar-refractivity contribution in [2.24, 2.45) is 0 Å². The van der Waals surface area contributed by atoms with E-state index in [1.165, 1.54) is 0 Å². The van der Waals surface area contributed by atoms with Crippen LogP contribution in [0.5, 0.6) is 5.88 Å². The third-order valence-electron chi connectivity index (χ3n) is 5.34. The van der Waals surface area contributed by atoms with Gasteiger partial charge in [0.1, 0.15) is 5.82 Å². The van der Waals surface area contributed by atoms with E-state index in [-0.39, 0.29) is 6.42 Å². The highest BCUT2D eigenvalue weighted by Crippen LogP contribution is 2.23. The minimum atomic E-state index is -0.828. The zero-order valence-corrected chi connectivity index (χ0v) is 17.8. The summed E-state index contributed by atoms with van der Waals surface area (Å²) >= 11 is 0. The number of rotatable bonds is 8. The van der Waals surface area contributed by atoms with Gasteiger partial charge in [-0.1, -0.05) is 38.1 Å². The van der Waals surface area contributed by atoms with Gasteiger partial charge >= 0.3 is 5.97 Å². The van der Waals surface area contributed by atoms with Crippen molar-refractivity contribution in [1.29, 1.82) is 0 Å². The van der Waals surface area contributed by atoms with Crippen molar-refractivity contribution in [1.82, 2.24) is 24.7 Å². The third-order valence-corrected chi connectivity index (χ3v) is 5.34. The molecule has 0 atom stereocenters. The summed E-state index contributed by atoms with van der Waals surface area (Å²) in [6.45, 7) is 4.63. The van der Waals surface area contributed by atoms with Crippen LogP contribution in [0.1, 0.15) is 36.4 Å². The van der Waals surface area contributed by atoms with Gasteiger partial charge in [-0.2, -0.15) is 10.1 Å². The molecule has 0 radical (unpaired) electrons. The molecule has 3 heterocycles. The molecular formula is C23H25N5O3. The molecule has 2 N–H and O–H groups in total. The SMILES string of the molecule is CCc1nn(Cc2ccc(-c3nc4nc(OC)ccc4[nH]3)cc2)c(CC)c1CC(=O)O. The molecule has 4 rings (SSSR count). The number of pyridine rings is 1. The molecule has 0 aliphatic carbocycles. The number of aliphatic carboxylic acids is 1. The average Bonchev–Trinajstić information content (AvgIpc) is 3.34. The molecule has 0 spiro atoms. The number of nitrogens with one attached hydrogen (secondary N) is 1. The van der Waals surface area contributed by atoms with Gasteiger partial charge in [-0.05, 0) is 24.5 Å². The lowest BCUT2D eigenvalue weighted by atomic mass is 10.1. The maximum atomic E-state index is 11.3. The van der Waals surface area contributed by atoms with E-state index in [4.69, 9.17) is 4.74 Å². The summed E-state index contributed by atoms with van der Waals surface area (Å²) in [6, 6.07) is 11.8. The topological polar surface area (TPSA) is 106 Å². The van der Waals surface area contributed by atoms with E-state index in [1.54, 1.807) is 13.2 Å². The van der Waals surface area contributed by atoms with Crippen LogP contribution in [0.25, 0.3) is 22.6 Å². The summed E-state index contributed by atoms with van der Waals surface area (Å²) in [4.78, 5) is 23.5. The first-order valence-electron chi connectivity index (χ1n) is 10.3. The molecule has 0 saturated heterocycles. The van der Waals surface area contributed by atoms with Crippen molar-refractivity contribution in [3.63, 3.8) is 0 Å². The molecule has 31 heavy (non-hydrogen) atoms. The molecule has 3 aromatic heterocycles. The second-order valence-corrected chi connectivity index (χ2v) is 7.31. The van der Waals surface area contributed by atoms with Gasteiger partial charge in [-0.15, -0.1) is 0 Å². The molecular weight excluding hydrogens is 394 g/mol. The Morgan fingerprint density at radius 3 is 2.52 bits per heavy atom. The van der Waals surface area contributed by atoms with Gasteiger partial charge in [0.05, 0.1) is 31.3 Å². The van der Waals surface area contributed by atoms with E-state index in [0.717, 1.165) is 45.8 Å². The maximum absolute atomic E-state index is 11.3. The van der Waals surface area contributed by atoms with Crippen LogP contribution in [-0.2, 0) is 30.6 Å². The van der Waals surface area contributed by atoms with Crippen LogP contribution in [0.2, 0.25) is 0 Å². The van der Waals surface area contributed by atoms with E-state index < -0.39 is 5.97 Å². The monoisotopic (exact) mass is 419 g/mol. The van der Waals surface area contributed by atoms with Crippen molar-refractivity contribution < 1.29 is 14.6 Å². The van der Waals surface area contributed by atoms with Crippen LogP contribution >= 0.6 is 0 Å². The number of carboxylic acid groups (broad SMARTS) is 1. The van der Waals surface area contributed by atoms with Gasteiger partial charge in [0.25, 0.3) is 0 Å². The van der Waals surface area contributed by atoms with Crippen molar-refractivity contribution in [2.75, 3.05) is 7.11 Å². The summed E-state index contributed by atoms with van der Waals surface area (Å²) in [7, 11) is 1.58. The lowest BCUT2D eigenvalue weighted by molar-refractivity contribution is -0.136. The van der Waals surface area contributed by atoms with Gasteiger partial charge in [-0.3, -0.25) is 9.48 Å². The van der Waals surface area contributed by atoms with E-state index in [9.17, 15) is 9.90 Å². The first-order valence-corrected chi connectivity index (χ1v) is 10.3. The van der Waals surface area contributed by atoms with Crippen LogP contribution in [0.4, 0.5) is 0 Å². The van der Waals surface area contributed by atoms with Gasteiger partial charge in [0.15, 0.2) is 5.65 Å². The normalized spacial score (nSPS) is 11.2. The van der Waals surface area contributed by atoms with Crippen LogP contribution in [-0.4, -0.2) is 42.9 Å². The number of H-pyrrole nitrogens is 1. The maximum Gasteiger partial charge on any atom is 0.307 e. The second kappa shape index (κ2) is 8.59. The van der Waals surface area contributed by atoms with Crippen LogP contribution in [0.3, 0.4) is 0 Å². The number of nitrogens with zero attached hydrogens (tertiary/aromatic N) is 4. The van der Waals surface area contributed by atoms with E-state index in [0.29, 0.717) is 24.5 Å². The second-order valence-electron chi connectivity index (χ2n) is 7.31. The Morgan fingerprint density at radius 1 is 1.10 bits per heavy atom.